The predicted molar refractivity (Wildman–Crippen MR) is 135 cm³/mol. The zero-order valence-corrected chi connectivity index (χ0v) is 19.7. The van der Waals surface area contributed by atoms with Crippen LogP contribution >= 0.6 is 0 Å². The molecular weight excluding hydrogens is 424 g/mol. The lowest BCUT2D eigenvalue weighted by atomic mass is 9.84. The minimum Gasteiger partial charge on any atom is -0.497 e. The molecular formula is C29H32N2O3. The molecule has 5 heteroatoms. The second kappa shape index (κ2) is 11.0. The van der Waals surface area contributed by atoms with Gasteiger partial charge in [0.05, 0.1) is 7.11 Å². The van der Waals surface area contributed by atoms with E-state index in [0.29, 0.717) is 25.8 Å². The second-order valence-electron chi connectivity index (χ2n) is 9.02. The minimum absolute atomic E-state index is 0.0217. The number of rotatable bonds is 10. The first-order valence-electron chi connectivity index (χ1n) is 11.9. The normalized spacial score (nSPS) is 17.3. The molecule has 1 aliphatic heterocycles. The van der Waals surface area contributed by atoms with Crippen LogP contribution in [0.4, 0.5) is 0 Å². The van der Waals surface area contributed by atoms with Gasteiger partial charge >= 0.3 is 0 Å². The first-order chi connectivity index (χ1) is 16.5. The van der Waals surface area contributed by atoms with Crippen molar-refractivity contribution in [2.45, 2.75) is 44.1 Å². The maximum Gasteiger partial charge on any atom is 0.220 e. The van der Waals surface area contributed by atoms with Gasteiger partial charge in [0.2, 0.25) is 11.8 Å². The molecule has 0 radical (unpaired) electrons. The quantitative estimate of drug-likeness (QED) is 0.465. The summed E-state index contributed by atoms with van der Waals surface area (Å²) in [6, 6.07) is 26.7. The van der Waals surface area contributed by atoms with Crippen LogP contribution in [-0.4, -0.2) is 31.0 Å². The highest BCUT2D eigenvalue weighted by molar-refractivity contribution is 5.80. The van der Waals surface area contributed by atoms with E-state index < -0.39 is 0 Å². The van der Waals surface area contributed by atoms with E-state index in [1.54, 1.807) is 7.11 Å². The van der Waals surface area contributed by atoms with E-state index >= 15 is 0 Å². The van der Waals surface area contributed by atoms with Crippen molar-refractivity contribution in [1.29, 1.82) is 0 Å². The van der Waals surface area contributed by atoms with E-state index in [2.05, 4.69) is 47.0 Å². The third-order valence-corrected chi connectivity index (χ3v) is 6.56. The van der Waals surface area contributed by atoms with Gasteiger partial charge in [0.1, 0.15) is 5.75 Å². The van der Waals surface area contributed by atoms with Crippen LogP contribution < -0.4 is 15.4 Å². The number of ether oxygens (including phenoxy) is 1. The number of benzene rings is 3. The van der Waals surface area contributed by atoms with Gasteiger partial charge in [0, 0.05) is 24.9 Å². The van der Waals surface area contributed by atoms with Gasteiger partial charge in [-0.2, -0.15) is 0 Å². The number of hydrogen-bond acceptors (Lipinski definition) is 3. The molecule has 0 bridgehead atoms. The number of methoxy groups -OCH3 is 1. The van der Waals surface area contributed by atoms with Crippen LogP contribution in [0.5, 0.6) is 5.75 Å². The van der Waals surface area contributed by atoms with Gasteiger partial charge in [-0.25, -0.2) is 0 Å². The predicted octanol–water partition coefficient (Wildman–Crippen LogP) is 4.69. The summed E-state index contributed by atoms with van der Waals surface area (Å²) in [4.78, 5) is 24.6. The van der Waals surface area contributed by atoms with E-state index in [9.17, 15) is 9.59 Å². The standard InChI is InChI=1S/C29H32N2O3/c1-34-26-13-9-22(10-14-26)17-20-30-27(32)15-18-29(19-16-28(33)31-29)21-23-7-11-25(12-8-23)24-5-3-2-4-6-24/h2-14H,15-21H2,1H3,(H,30,32)(H,31,33). The topological polar surface area (TPSA) is 67.4 Å². The Morgan fingerprint density at radius 1 is 0.941 bits per heavy atom. The van der Waals surface area contributed by atoms with Crippen molar-refractivity contribution in [2.75, 3.05) is 13.7 Å². The maximum atomic E-state index is 12.5. The molecule has 1 heterocycles. The van der Waals surface area contributed by atoms with Crippen LogP contribution in [0, 0.1) is 0 Å². The first kappa shape index (κ1) is 23.6. The van der Waals surface area contributed by atoms with Crippen molar-refractivity contribution < 1.29 is 14.3 Å². The molecule has 3 aromatic carbocycles. The Morgan fingerprint density at radius 3 is 2.26 bits per heavy atom. The molecule has 0 aliphatic carbocycles. The van der Waals surface area contributed by atoms with Gasteiger partial charge in [-0.3, -0.25) is 9.59 Å². The highest BCUT2D eigenvalue weighted by Gasteiger charge is 2.37. The fraction of sp³-hybridized carbons (Fsp3) is 0.310. The monoisotopic (exact) mass is 456 g/mol. The van der Waals surface area contributed by atoms with Crippen LogP contribution in [0.3, 0.4) is 0 Å². The van der Waals surface area contributed by atoms with Gasteiger partial charge in [0.15, 0.2) is 0 Å². The number of hydrogen-bond donors (Lipinski definition) is 2. The van der Waals surface area contributed by atoms with Crippen LogP contribution in [0.25, 0.3) is 11.1 Å². The minimum atomic E-state index is -0.362. The zero-order valence-electron chi connectivity index (χ0n) is 19.7. The lowest BCUT2D eigenvalue weighted by Gasteiger charge is -2.29. The Bertz CT molecular complexity index is 1090. The Labute approximate surface area is 201 Å². The molecule has 4 rings (SSSR count). The largest absolute Gasteiger partial charge is 0.497 e. The summed E-state index contributed by atoms with van der Waals surface area (Å²) in [5, 5.41) is 6.20. The summed E-state index contributed by atoms with van der Waals surface area (Å²) < 4.78 is 5.18. The van der Waals surface area contributed by atoms with E-state index in [1.807, 2.05) is 42.5 Å². The van der Waals surface area contributed by atoms with Crippen molar-refractivity contribution in [3.05, 3.63) is 90.0 Å². The third kappa shape index (κ3) is 6.25. The van der Waals surface area contributed by atoms with Crippen molar-refractivity contribution in [3.8, 4) is 16.9 Å². The SMILES string of the molecule is COc1ccc(CCNC(=O)CCC2(Cc3ccc(-c4ccccc4)cc3)CCC(=O)N2)cc1. The average molecular weight is 457 g/mol. The van der Waals surface area contributed by atoms with E-state index in [0.717, 1.165) is 30.6 Å². The molecule has 176 valence electrons. The Hall–Kier alpha value is -3.60. The summed E-state index contributed by atoms with van der Waals surface area (Å²) in [5.41, 5.74) is 4.31. The van der Waals surface area contributed by atoms with Crippen LogP contribution in [0.1, 0.15) is 36.8 Å². The summed E-state index contributed by atoms with van der Waals surface area (Å²) in [6.07, 6.45) is 3.80. The van der Waals surface area contributed by atoms with E-state index in [-0.39, 0.29) is 17.4 Å². The van der Waals surface area contributed by atoms with Crippen LogP contribution in [-0.2, 0) is 22.4 Å². The number of carbonyl (C=O) groups excluding carboxylic acids is 2. The fourth-order valence-electron chi connectivity index (χ4n) is 4.60. The first-order valence-corrected chi connectivity index (χ1v) is 11.9. The molecule has 5 nitrogen and oxygen atoms in total. The van der Waals surface area contributed by atoms with Crippen LogP contribution in [0.2, 0.25) is 0 Å². The van der Waals surface area contributed by atoms with Crippen molar-refractivity contribution >= 4 is 11.8 Å². The highest BCUT2D eigenvalue weighted by Crippen LogP contribution is 2.30. The lowest BCUT2D eigenvalue weighted by Crippen LogP contribution is -2.44. The molecule has 0 saturated carbocycles. The van der Waals surface area contributed by atoms with Gasteiger partial charge in [-0.1, -0.05) is 66.7 Å². The summed E-state index contributed by atoms with van der Waals surface area (Å²) in [6.45, 7) is 0.589. The van der Waals surface area contributed by atoms with Crippen molar-refractivity contribution in [2.24, 2.45) is 0 Å². The molecule has 1 saturated heterocycles. The van der Waals surface area contributed by atoms with Crippen molar-refractivity contribution in [1.82, 2.24) is 10.6 Å². The molecule has 2 amide bonds. The van der Waals surface area contributed by atoms with E-state index in [4.69, 9.17) is 4.74 Å². The molecule has 3 aromatic rings. The Balaban J connectivity index is 1.30. The molecule has 34 heavy (non-hydrogen) atoms. The van der Waals surface area contributed by atoms with Gasteiger partial charge in [-0.15, -0.1) is 0 Å². The smallest absolute Gasteiger partial charge is 0.220 e. The molecule has 1 fully saturated rings. The second-order valence-corrected chi connectivity index (χ2v) is 9.02. The molecule has 0 spiro atoms. The van der Waals surface area contributed by atoms with Gasteiger partial charge in [-0.05, 0) is 60.1 Å². The molecule has 1 unspecified atom stereocenters. The third-order valence-electron chi connectivity index (χ3n) is 6.56. The summed E-state index contributed by atoms with van der Waals surface area (Å²) in [5.74, 6) is 0.917. The lowest BCUT2D eigenvalue weighted by molar-refractivity contribution is -0.122. The number of nitrogens with one attached hydrogen (secondary N) is 2. The Morgan fingerprint density at radius 2 is 1.62 bits per heavy atom. The molecule has 1 aliphatic rings. The molecule has 2 N–H and O–H groups in total. The fourth-order valence-corrected chi connectivity index (χ4v) is 4.60. The average Bonchev–Trinajstić information content (AvgIpc) is 3.24. The van der Waals surface area contributed by atoms with Gasteiger partial charge in [0.25, 0.3) is 0 Å². The van der Waals surface area contributed by atoms with Crippen LogP contribution in [0.15, 0.2) is 78.9 Å². The summed E-state index contributed by atoms with van der Waals surface area (Å²) >= 11 is 0. The number of amides is 2. The molecule has 0 aromatic heterocycles. The van der Waals surface area contributed by atoms with Gasteiger partial charge < -0.3 is 15.4 Å². The van der Waals surface area contributed by atoms with Crippen molar-refractivity contribution in [3.63, 3.8) is 0 Å². The summed E-state index contributed by atoms with van der Waals surface area (Å²) in [7, 11) is 1.65. The number of carbonyl (C=O) groups is 2. The zero-order chi connectivity index (χ0) is 23.8. The van der Waals surface area contributed by atoms with E-state index in [1.165, 1.54) is 16.7 Å². The molecule has 1 atom stereocenters. The maximum absolute atomic E-state index is 12.5. The highest BCUT2D eigenvalue weighted by atomic mass is 16.5. The Kier molecular flexibility index (Phi) is 7.63.